The molecule has 80 valence electrons. The Labute approximate surface area is 91.1 Å². The second kappa shape index (κ2) is 3.13. The van der Waals surface area contributed by atoms with E-state index in [-0.39, 0.29) is 5.56 Å². The molecule has 3 heterocycles. The van der Waals surface area contributed by atoms with Crippen molar-refractivity contribution in [3.05, 3.63) is 52.6 Å². The van der Waals surface area contributed by atoms with Crippen LogP contribution in [0.4, 0.5) is 0 Å². The van der Waals surface area contributed by atoms with Crippen molar-refractivity contribution in [3.63, 3.8) is 0 Å². The Kier molecular flexibility index (Phi) is 1.77. The van der Waals surface area contributed by atoms with Gasteiger partial charge in [0, 0.05) is 12.3 Å². The zero-order chi connectivity index (χ0) is 11.1. The van der Waals surface area contributed by atoms with E-state index in [2.05, 4.69) is 4.98 Å². The third-order valence-electron chi connectivity index (χ3n) is 2.52. The van der Waals surface area contributed by atoms with Crippen molar-refractivity contribution in [2.24, 2.45) is 0 Å². The SMILES string of the molecule is Cc1ccc(-c2cn3c(=O)cccc3[nH]2)o1. The summed E-state index contributed by atoms with van der Waals surface area (Å²) in [6.45, 7) is 1.89. The Morgan fingerprint density at radius 2 is 2.12 bits per heavy atom. The van der Waals surface area contributed by atoms with Gasteiger partial charge in [0.25, 0.3) is 5.56 Å². The van der Waals surface area contributed by atoms with Gasteiger partial charge in [-0.3, -0.25) is 9.20 Å². The minimum absolute atomic E-state index is 0.0525. The largest absolute Gasteiger partial charge is 0.460 e. The van der Waals surface area contributed by atoms with Crippen LogP contribution in [0.2, 0.25) is 0 Å². The van der Waals surface area contributed by atoms with Gasteiger partial charge in [-0.15, -0.1) is 0 Å². The fraction of sp³-hybridized carbons (Fsp3) is 0.0833. The number of fused-ring (bicyclic) bond motifs is 1. The Hall–Kier alpha value is -2.23. The monoisotopic (exact) mass is 214 g/mol. The van der Waals surface area contributed by atoms with Crippen molar-refractivity contribution in [2.45, 2.75) is 6.92 Å². The standard InChI is InChI=1S/C12H10N2O2/c1-8-5-6-10(16-8)9-7-14-11(13-9)3-2-4-12(14)15/h2-7,13H,1H3. The number of imidazole rings is 1. The zero-order valence-electron chi connectivity index (χ0n) is 8.73. The highest BCUT2D eigenvalue weighted by Gasteiger charge is 2.06. The molecule has 1 N–H and O–H groups in total. The van der Waals surface area contributed by atoms with Crippen LogP contribution in [0.15, 0.2) is 45.7 Å². The van der Waals surface area contributed by atoms with Crippen LogP contribution in [0, 0.1) is 6.92 Å². The molecule has 0 saturated carbocycles. The summed E-state index contributed by atoms with van der Waals surface area (Å²) in [5, 5.41) is 0. The highest BCUT2D eigenvalue weighted by atomic mass is 16.3. The van der Waals surface area contributed by atoms with Crippen LogP contribution in [0.1, 0.15) is 5.76 Å². The van der Waals surface area contributed by atoms with Gasteiger partial charge >= 0.3 is 0 Å². The maximum absolute atomic E-state index is 11.5. The number of aromatic nitrogens is 2. The molecule has 0 radical (unpaired) electrons. The number of pyridine rings is 1. The summed E-state index contributed by atoms with van der Waals surface area (Å²) in [5.74, 6) is 1.58. The molecule has 0 atom stereocenters. The Balaban J connectivity index is 2.26. The normalized spacial score (nSPS) is 11.1. The van der Waals surface area contributed by atoms with Gasteiger partial charge in [-0.1, -0.05) is 6.07 Å². The molecule has 3 aromatic rings. The van der Waals surface area contributed by atoms with Crippen LogP contribution in [-0.2, 0) is 0 Å². The zero-order valence-corrected chi connectivity index (χ0v) is 8.73. The van der Waals surface area contributed by atoms with Crippen molar-refractivity contribution >= 4 is 5.65 Å². The fourth-order valence-corrected chi connectivity index (χ4v) is 1.74. The fourth-order valence-electron chi connectivity index (χ4n) is 1.74. The van der Waals surface area contributed by atoms with Crippen LogP contribution in [0.3, 0.4) is 0 Å². The third kappa shape index (κ3) is 1.27. The quantitative estimate of drug-likeness (QED) is 0.675. The summed E-state index contributed by atoms with van der Waals surface area (Å²) in [6, 6.07) is 8.87. The minimum atomic E-state index is -0.0525. The topological polar surface area (TPSA) is 50.4 Å². The molecular formula is C12H10N2O2. The lowest BCUT2D eigenvalue weighted by molar-refractivity contribution is 0.547. The summed E-state index contributed by atoms with van der Waals surface area (Å²) in [6.07, 6.45) is 1.75. The van der Waals surface area contributed by atoms with E-state index in [0.29, 0.717) is 0 Å². The predicted octanol–water partition coefficient (Wildman–Crippen LogP) is 2.20. The third-order valence-corrected chi connectivity index (χ3v) is 2.52. The van der Waals surface area contributed by atoms with Gasteiger partial charge in [0.2, 0.25) is 0 Å². The van der Waals surface area contributed by atoms with Crippen LogP contribution in [0.25, 0.3) is 17.1 Å². The molecule has 0 aliphatic rings. The van der Waals surface area contributed by atoms with E-state index in [0.717, 1.165) is 22.9 Å². The first-order valence-electron chi connectivity index (χ1n) is 5.01. The molecule has 3 rings (SSSR count). The molecule has 0 bridgehead atoms. The summed E-state index contributed by atoms with van der Waals surface area (Å²) >= 11 is 0. The van der Waals surface area contributed by atoms with Gasteiger partial charge in [0.05, 0.1) is 5.69 Å². The molecule has 0 fully saturated rings. The predicted molar refractivity (Wildman–Crippen MR) is 60.5 cm³/mol. The van der Waals surface area contributed by atoms with E-state index < -0.39 is 0 Å². The molecule has 4 nitrogen and oxygen atoms in total. The van der Waals surface area contributed by atoms with Crippen molar-refractivity contribution < 1.29 is 4.42 Å². The average molecular weight is 214 g/mol. The number of nitrogens with zero attached hydrogens (tertiary/aromatic N) is 1. The van der Waals surface area contributed by atoms with Gasteiger partial charge < -0.3 is 9.40 Å². The van der Waals surface area contributed by atoms with Crippen LogP contribution in [-0.4, -0.2) is 9.38 Å². The van der Waals surface area contributed by atoms with E-state index in [9.17, 15) is 4.79 Å². The molecule has 0 spiro atoms. The molecule has 16 heavy (non-hydrogen) atoms. The number of aromatic amines is 1. The number of rotatable bonds is 1. The first kappa shape index (κ1) is 9.03. The highest BCUT2D eigenvalue weighted by Crippen LogP contribution is 2.20. The van der Waals surface area contributed by atoms with Gasteiger partial charge in [-0.05, 0) is 25.1 Å². The van der Waals surface area contributed by atoms with E-state index in [1.54, 1.807) is 16.7 Å². The minimum Gasteiger partial charge on any atom is -0.460 e. The van der Waals surface area contributed by atoms with E-state index >= 15 is 0 Å². The van der Waals surface area contributed by atoms with Crippen LogP contribution < -0.4 is 5.56 Å². The Morgan fingerprint density at radius 3 is 2.81 bits per heavy atom. The van der Waals surface area contributed by atoms with Gasteiger partial charge in [0.15, 0.2) is 5.76 Å². The molecule has 3 aromatic heterocycles. The molecule has 4 heteroatoms. The number of furan rings is 1. The number of hydrogen-bond donors (Lipinski definition) is 1. The first-order valence-corrected chi connectivity index (χ1v) is 5.01. The van der Waals surface area contributed by atoms with E-state index in [1.807, 2.05) is 25.1 Å². The lowest BCUT2D eigenvalue weighted by Gasteiger charge is -1.88. The lowest BCUT2D eigenvalue weighted by Crippen LogP contribution is -2.08. The molecular weight excluding hydrogens is 204 g/mol. The summed E-state index contributed by atoms with van der Waals surface area (Å²) < 4.78 is 7.06. The number of hydrogen-bond acceptors (Lipinski definition) is 2. The lowest BCUT2D eigenvalue weighted by atomic mass is 10.3. The number of H-pyrrole nitrogens is 1. The second-order valence-corrected chi connectivity index (χ2v) is 3.70. The molecule has 0 aliphatic heterocycles. The molecule has 0 aliphatic carbocycles. The van der Waals surface area contributed by atoms with E-state index in [1.165, 1.54) is 6.07 Å². The smallest absolute Gasteiger partial charge is 0.256 e. The van der Waals surface area contributed by atoms with Crippen molar-refractivity contribution in [3.8, 4) is 11.5 Å². The summed E-state index contributed by atoms with van der Waals surface area (Å²) in [5.41, 5.74) is 1.51. The summed E-state index contributed by atoms with van der Waals surface area (Å²) in [7, 11) is 0. The van der Waals surface area contributed by atoms with Gasteiger partial charge in [-0.2, -0.15) is 0 Å². The molecule has 0 amide bonds. The Bertz CT molecular complexity index is 703. The van der Waals surface area contributed by atoms with Gasteiger partial charge in [-0.25, -0.2) is 0 Å². The van der Waals surface area contributed by atoms with Crippen LogP contribution >= 0.6 is 0 Å². The highest BCUT2D eigenvalue weighted by molar-refractivity contribution is 5.57. The first-order chi connectivity index (χ1) is 7.74. The second-order valence-electron chi connectivity index (χ2n) is 3.70. The van der Waals surface area contributed by atoms with E-state index in [4.69, 9.17) is 4.42 Å². The number of nitrogens with one attached hydrogen (secondary N) is 1. The maximum atomic E-state index is 11.5. The number of aryl methyl sites for hydroxylation is 1. The Morgan fingerprint density at radius 1 is 1.25 bits per heavy atom. The maximum Gasteiger partial charge on any atom is 0.256 e. The average Bonchev–Trinajstić information content (AvgIpc) is 2.84. The van der Waals surface area contributed by atoms with Crippen molar-refractivity contribution in [1.29, 1.82) is 0 Å². The van der Waals surface area contributed by atoms with Crippen molar-refractivity contribution in [1.82, 2.24) is 9.38 Å². The van der Waals surface area contributed by atoms with Gasteiger partial charge in [0.1, 0.15) is 11.4 Å². The van der Waals surface area contributed by atoms with Crippen molar-refractivity contribution in [2.75, 3.05) is 0 Å². The van der Waals surface area contributed by atoms with Crippen LogP contribution in [0.5, 0.6) is 0 Å². The molecule has 0 unspecified atom stereocenters. The molecule has 0 aromatic carbocycles. The summed E-state index contributed by atoms with van der Waals surface area (Å²) in [4.78, 5) is 14.7. The molecule has 0 saturated heterocycles.